The van der Waals surface area contributed by atoms with Gasteiger partial charge < -0.3 is 45.7 Å². The van der Waals surface area contributed by atoms with Crippen LogP contribution in [0.25, 0.3) is 0 Å². The van der Waals surface area contributed by atoms with Crippen LogP contribution in [0.1, 0.15) is 217 Å². The Morgan fingerprint density at radius 1 is 0.500 bits per heavy atom. The van der Waals surface area contributed by atoms with Gasteiger partial charge in [-0.05, 0) is 32.6 Å². The fourth-order valence-corrected chi connectivity index (χ4v) is 5.56. The van der Waals surface area contributed by atoms with Crippen LogP contribution < -0.4 is 21.3 Å². The summed E-state index contributed by atoms with van der Waals surface area (Å²) >= 11 is 3.83. The van der Waals surface area contributed by atoms with Crippen LogP contribution in [0.2, 0.25) is 0 Å². The minimum Gasteiger partial charge on any atom is -0.481 e. The van der Waals surface area contributed by atoms with Crippen molar-refractivity contribution in [2.45, 2.75) is 225 Å². The first-order valence-corrected chi connectivity index (χ1v) is 27.3. The van der Waals surface area contributed by atoms with Crippen molar-refractivity contribution < 1.29 is 133 Å². The normalized spacial score (nSPS) is 18.2. The van der Waals surface area contributed by atoms with E-state index in [4.69, 9.17) is 34.0 Å². The van der Waals surface area contributed by atoms with Crippen LogP contribution in [0.5, 0.6) is 0 Å². The zero-order valence-electron chi connectivity index (χ0n) is 49.8. The van der Waals surface area contributed by atoms with Gasteiger partial charge >= 0.3 is 0 Å². The van der Waals surface area contributed by atoms with Gasteiger partial charge in [0.05, 0.1) is 23.7 Å². The average molecular weight is 1310 g/mol. The van der Waals surface area contributed by atoms with Crippen LogP contribution in [0.3, 0.4) is 0 Å². The fourth-order valence-electron chi connectivity index (χ4n) is 5.56. The second-order valence-electron chi connectivity index (χ2n) is 16.9. The number of carboxylic acid groups (broad SMARTS) is 2. The number of benzene rings is 1. The molecule has 466 valence electrons. The fraction of sp³-hybridized carbons (Fsp3) is 0.729. The quantitative estimate of drug-likeness (QED) is 0.0683. The van der Waals surface area contributed by atoms with Crippen LogP contribution >= 0.6 is 12.2 Å². The predicted molar refractivity (Wildman–Crippen MR) is 323 cm³/mol. The van der Waals surface area contributed by atoms with E-state index in [-0.39, 0.29) is 130 Å². The zero-order valence-corrected chi connectivity index (χ0v) is 56.3. The number of carbonyl (C=O) groups is 9. The van der Waals surface area contributed by atoms with Gasteiger partial charge in [0, 0.05) is 120 Å². The molecule has 80 heavy (non-hydrogen) atoms. The summed E-state index contributed by atoms with van der Waals surface area (Å²) in [6.45, 7) is 18.2. The molecule has 7 rings (SSSR count). The smallest absolute Gasteiger partial charge is 0.300 e. The van der Waals surface area contributed by atoms with Crippen LogP contribution in [0.15, 0.2) is 30.3 Å². The van der Waals surface area contributed by atoms with Gasteiger partial charge in [0.15, 0.2) is 5.78 Å². The second kappa shape index (κ2) is 72.0. The van der Waals surface area contributed by atoms with Gasteiger partial charge in [0.1, 0.15) is 17.8 Å². The zero-order chi connectivity index (χ0) is 59.2. The predicted octanol–water partition coefficient (Wildman–Crippen LogP) is 11.6. The van der Waals surface area contributed by atoms with Crippen molar-refractivity contribution in [2.75, 3.05) is 35.3 Å². The number of thiocarbonyl (C=S) groups is 1. The molecule has 21 heteroatoms. The van der Waals surface area contributed by atoms with Crippen LogP contribution in [-0.4, -0.2) is 123 Å². The molecule has 0 saturated heterocycles. The van der Waals surface area contributed by atoms with E-state index in [0.29, 0.717) is 18.4 Å². The number of carboxylic acids is 2. The van der Waals surface area contributed by atoms with E-state index >= 15 is 0 Å². The molecule has 2 radical (unpaired) electrons. The molecule has 6 aliphatic rings. The first-order chi connectivity index (χ1) is 35.8. The first-order valence-electron chi connectivity index (χ1n) is 26.7. The minimum atomic E-state index is -0.833. The third-order valence-electron chi connectivity index (χ3n) is 11.5. The number of amides is 4. The summed E-state index contributed by atoms with van der Waals surface area (Å²) in [4.78, 5) is 95.4. The Morgan fingerprint density at radius 2 is 0.688 bits per heavy atom. The number of ketones is 1. The average Bonchev–Trinajstić information content (AvgIpc) is 3.32. The van der Waals surface area contributed by atoms with Gasteiger partial charge in [0.2, 0.25) is 23.6 Å². The van der Waals surface area contributed by atoms with E-state index in [1.807, 2.05) is 59.7 Å². The largest absolute Gasteiger partial charge is 0.481 e. The van der Waals surface area contributed by atoms with E-state index < -0.39 is 53.4 Å². The van der Waals surface area contributed by atoms with Crippen LogP contribution in [0.4, 0.5) is 0 Å². The van der Waals surface area contributed by atoms with Crippen LogP contribution in [0, 0.1) is 23.7 Å². The van der Waals surface area contributed by atoms with Crippen molar-refractivity contribution in [1.29, 1.82) is 0 Å². The molecule has 0 aliphatic heterocycles. The molecular formula is C59H114N4O14SY2. The summed E-state index contributed by atoms with van der Waals surface area (Å²) in [5.41, 5.74) is -0.0456. The molecule has 4 unspecified atom stereocenters. The molecule has 4 atom stereocenters. The molecule has 6 aliphatic carbocycles. The topological polar surface area (TPSA) is 270 Å². The number of ether oxygens (including phenoxy) is 3. The van der Waals surface area contributed by atoms with Gasteiger partial charge in [-0.2, -0.15) is 0 Å². The number of nitrogens with one attached hydrogen (secondary N) is 4. The number of carbonyl (C=O) groups excluding carboxylic acids is 7. The molecule has 0 aromatic heterocycles. The molecule has 18 nitrogen and oxygen atoms in total. The van der Waals surface area contributed by atoms with Gasteiger partial charge in [-0.3, -0.25) is 43.2 Å². The molecule has 1 aromatic rings. The Balaban J connectivity index is -0.0000000764. The summed E-state index contributed by atoms with van der Waals surface area (Å²) < 4.78 is 14.6. The maximum atomic E-state index is 11.8. The maximum absolute atomic E-state index is 11.8. The number of methoxy groups -OCH3 is 1. The monoisotopic (exact) mass is 1310 g/mol. The summed E-state index contributed by atoms with van der Waals surface area (Å²) in [6.07, 6.45) is 23.6. The van der Waals surface area contributed by atoms with Crippen molar-refractivity contribution in [2.24, 2.45) is 23.7 Å². The Morgan fingerprint density at radius 3 is 0.825 bits per heavy atom. The molecule has 0 spiro atoms. The second-order valence-corrected chi connectivity index (χ2v) is 16.9. The third kappa shape index (κ3) is 52.9. The number of hydrogen-bond acceptors (Lipinski definition) is 13. The molecule has 4 amide bonds. The van der Waals surface area contributed by atoms with Gasteiger partial charge in [0.25, 0.3) is 24.9 Å². The SMILES string of the molecule is C.C.C.C1CCC1.C1CCC1.C1CCC1.C1CCC1.C=S.CC.CC.CC.CC(=O)O.CC(=O)O.CNC(=O)C1CC(C(=O)NC)C1OC=O.CNC(=O)C1CC(C(=O)NC)C1OC=O.COC(C)(C)C(=O)c1ccccc1.[Y].[Y]. The van der Waals surface area contributed by atoms with Crippen molar-refractivity contribution in [1.82, 2.24) is 21.3 Å². The molecule has 1 aromatic carbocycles. The molecule has 6 N–H and O–H groups in total. The van der Waals surface area contributed by atoms with E-state index in [0.717, 1.165) is 13.8 Å². The summed E-state index contributed by atoms with van der Waals surface area (Å²) in [5.74, 6) is -1.31. The van der Waals surface area contributed by atoms with Gasteiger partial charge in [-0.1, -0.05) is 209 Å². The summed E-state index contributed by atoms with van der Waals surface area (Å²) in [5, 5.41) is 24.7. The van der Waals surface area contributed by atoms with Crippen molar-refractivity contribution in [3.63, 3.8) is 0 Å². The van der Waals surface area contributed by atoms with E-state index in [1.54, 1.807) is 33.1 Å². The molecular weight excluding hydrogens is 1200 g/mol. The standard InChI is InChI=1S/C11H14O2.2C9H14N2O4.4C4H8.2C2H4O2.3C2H6.CH2S.3CH4.2Y/c1-11(2,13-3)10(12)9-7-5-4-6-8-9;2*1-10-8(13)5-3-6(9(14)11-2)7(5)15-4-12;4*1-2-4-3-1;2*1-2(3)4;4*1-2;;;;;/h4-8H,1-3H3;2*4-7H,3H2,1-2H3,(H,10,13)(H,11,14);4*1-4H2;2*1H3,(H,3,4);3*1-2H3;1H2;3*1H4;;. The number of aliphatic carboxylic acids is 2. The summed E-state index contributed by atoms with van der Waals surface area (Å²) in [7, 11) is 7.57. The Kier molecular flexibility index (Phi) is 91.8. The number of Topliss-reactive ketones (excluding diaryl/α,β-unsaturated/α-hetero) is 1. The maximum Gasteiger partial charge on any atom is 0.300 e. The van der Waals surface area contributed by atoms with Crippen LogP contribution in [-0.2, 0) is 118 Å². The van der Waals surface area contributed by atoms with Gasteiger partial charge in [-0.25, -0.2) is 0 Å². The Bertz CT molecular complexity index is 1450. The summed E-state index contributed by atoms with van der Waals surface area (Å²) in [6, 6.07) is 9.17. The minimum absolute atomic E-state index is 0. The van der Waals surface area contributed by atoms with E-state index in [9.17, 15) is 33.6 Å². The first kappa shape index (κ1) is 102. The molecule has 0 heterocycles. The van der Waals surface area contributed by atoms with E-state index in [1.165, 1.54) is 131 Å². The van der Waals surface area contributed by atoms with Gasteiger partial charge in [-0.15, -0.1) is 0 Å². The number of hydrogen-bond donors (Lipinski definition) is 6. The van der Waals surface area contributed by atoms with Crippen molar-refractivity contribution in [3.05, 3.63) is 35.9 Å². The molecule has 6 fully saturated rings. The molecule has 0 bridgehead atoms. The number of rotatable bonds is 11. The third-order valence-corrected chi connectivity index (χ3v) is 11.5. The Hall–Kier alpha value is -3.09. The van der Waals surface area contributed by atoms with E-state index in [2.05, 4.69) is 39.4 Å². The molecule has 6 saturated carbocycles. The van der Waals surface area contributed by atoms with Crippen molar-refractivity contribution >= 4 is 72.4 Å². The Labute approximate surface area is 542 Å². The van der Waals surface area contributed by atoms with Crippen molar-refractivity contribution in [3.8, 4) is 0 Å².